The molecule has 2 rings (SSSR count). The molecule has 0 radical (unpaired) electrons. The van der Waals surface area contributed by atoms with E-state index in [1.54, 1.807) is 35.0 Å². The van der Waals surface area contributed by atoms with Crippen molar-refractivity contribution in [3.63, 3.8) is 0 Å². The van der Waals surface area contributed by atoms with Crippen molar-refractivity contribution in [2.75, 3.05) is 0 Å². The normalized spacial score (nSPS) is 12.4. The second-order valence-corrected chi connectivity index (χ2v) is 5.64. The molecular weight excluding hydrogens is 296 g/mol. The highest BCUT2D eigenvalue weighted by atomic mass is 32.1. The molecule has 0 spiro atoms. The Kier molecular flexibility index (Phi) is 4.49. The van der Waals surface area contributed by atoms with Crippen molar-refractivity contribution >= 4 is 34.2 Å². The number of carbonyl (C=O) groups is 2. The maximum atomic E-state index is 11.7. The van der Waals surface area contributed by atoms with Crippen LogP contribution >= 0.6 is 22.7 Å². The lowest BCUT2D eigenvalue weighted by Crippen LogP contribution is -1.99. The average Bonchev–Trinajstić information content (AvgIpc) is 3.11. The third kappa shape index (κ3) is 3.43. The molecule has 0 aliphatic rings. The van der Waals surface area contributed by atoms with Crippen LogP contribution in [0.4, 0.5) is 0 Å². The lowest BCUT2D eigenvalue weighted by Gasteiger charge is -1.98. The van der Waals surface area contributed by atoms with E-state index in [2.05, 4.69) is 0 Å². The van der Waals surface area contributed by atoms with E-state index >= 15 is 0 Å². The molecule has 0 aliphatic carbocycles. The number of rotatable bonds is 5. The summed E-state index contributed by atoms with van der Waals surface area (Å²) >= 11 is 2.45. The van der Waals surface area contributed by atoms with E-state index in [0.29, 0.717) is 9.75 Å². The first kappa shape index (κ1) is 14.2. The first-order valence-electron chi connectivity index (χ1n) is 5.55. The number of allylic oxidation sites excluding steroid dienone is 2. The number of thiophene rings is 2. The molecule has 0 bridgehead atoms. The van der Waals surface area contributed by atoms with Gasteiger partial charge in [-0.15, -0.1) is 22.7 Å². The summed E-state index contributed by atoms with van der Waals surface area (Å²) in [5.74, 6) is -2.12. The van der Waals surface area contributed by atoms with Gasteiger partial charge in [-0.1, -0.05) is 12.1 Å². The highest BCUT2D eigenvalue weighted by molar-refractivity contribution is 7.12. The predicted molar refractivity (Wildman–Crippen MR) is 78.7 cm³/mol. The number of hydrogen-bond acceptors (Lipinski definition) is 6. The number of aliphatic hydroxyl groups is 2. The minimum absolute atomic E-state index is 0.430. The number of carbonyl (C=O) groups excluding carboxylic acids is 2. The summed E-state index contributed by atoms with van der Waals surface area (Å²) in [6.45, 7) is 0. The summed E-state index contributed by atoms with van der Waals surface area (Å²) < 4.78 is 0. The molecular formula is C14H10O4S2. The molecule has 0 unspecified atom stereocenters. The van der Waals surface area contributed by atoms with Crippen molar-refractivity contribution < 1.29 is 19.8 Å². The van der Waals surface area contributed by atoms with Crippen LogP contribution in [0.25, 0.3) is 0 Å². The third-order valence-electron chi connectivity index (χ3n) is 2.33. The van der Waals surface area contributed by atoms with Crippen LogP contribution in [0.2, 0.25) is 0 Å². The van der Waals surface area contributed by atoms with Gasteiger partial charge in [0.05, 0.1) is 9.75 Å². The van der Waals surface area contributed by atoms with Gasteiger partial charge in [0.15, 0.2) is 23.1 Å². The second-order valence-electron chi connectivity index (χ2n) is 3.74. The summed E-state index contributed by atoms with van der Waals surface area (Å²) in [7, 11) is 0. The third-order valence-corrected chi connectivity index (χ3v) is 4.09. The molecule has 102 valence electrons. The van der Waals surface area contributed by atoms with Gasteiger partial charge in [0.1, 0.15) is 0 Å². The van der Waals surface area contributed by atoms with E-state index in [-0.39, 0.29) is 0 Å². The summed E-state index contributed by atoms with van der Waals surface area (Å²) in [6.07, 6.45) is 1.78. The van der Waals surface area contributed by atoms with Gasteiger partial charge in [0.2, 0.25) is 0 Å². The SMILES string of the molecule is O=C(C=C(O)C(O)=CC(=O)c1cccs1)c1cccs1. The van der Waals surface area contributed by atoms with E-state index in [1.165, 1.54) is 22.7 Å². The molecule has 0 saturated carbocycles. The molecule has 0 saturated heterocycles. The van der Waals surface area contributed by atoms with E-state index in [4.69, 9.17) is 0 Å². The fourth-order valence-corrected chi connectivity index (χ4v) is 2.65. The lowest BCUT2D eigenvalue weighted by molar-refractivity contribution is 0.103. The Labute approximate surface area is 122 Å². The first-order valence-corrected chi connectivity index (χ1v) is 7.31. The number of ketones is 2. The van der Waals surface area contributed by atoms with Crippen LogP contribution in [0, 0.1) is 0 Å². The highest BCUT2D eigenvalue weighted by Crippen LogP contribution is 2.14. The Morgan fingerprint density at radius 1 is 0.850 bits per heavy atom. The molecule has 2 N–H and O–H groups in total. The molecule has 6 heteroatoms. The van der Waals surface area contributed by atoms with Crippen molar-refractivity contribution in [3.8, 4) is 0 Å². The Bertz CT molecular complexity index is 604. The summed E-state index contributed by atoms with van der Waals surface area (Å²) in [6, 6.07) is 6.63. The van der Waals surface area contributed by atoms with Crippen molar-refractivity contribution in [1.82, 2.24) is 0 Å². The fourth-order valence-electron chi connectivity index (χ4n) is 1.38. The van der Waals surface area contributed by atoms with E-state index in [9.17, 15) is 19.8 Å². The molecule has 4 nitrogen and oxygen atoms in total. The van der Waals surface area contributed by atoms with E-state index in [1.807, 2.05) is 0 Å². The quantitative estimate of drug-likeness (QED) is 0.382. The van der Waals surface area contributed by atoms with Crippen molar-refractivity contribution in [3.05, 3.63) is 68.5 Å². The van der Waals surface area contributed by atoms with Gasteiger partial charge in [0.25, 0.3) is 0 Å². The zero-order chi connectivity index (χ0) is 14.5. The van der Waals surface area contributed by atoms with E-state index < -0.39 is 23.1 Å². The molecule has 2 heterocycles. The summed E-state index contributed by atoms with van der Waals surface area (Å²) in [4.78, 5) is 24.3. The molecule has 0 amide bonds. The molecule has 20 heavy (non-hydrogen) atoms. The number of hydrogen-bond donors (Lipinski definition) is 2. The maximum Gasteiger partial charge on any atom is 0.199 e. The lowest BCUT2D eigenvalue weighted by atomic mass is 10.2. The highest BCUT2D eigenvalue weighted by Gasteiger charge is 2.11. The smallest absolute Gasteiger partial charge is 0.199 e. The van der Waals surface area contributed by atoms with Gasteiger partial charge >= 0.3 is 0 Å². The Hall–Kier alpha value is -2.18. The van der Waals surface area contributed by atoms with Crippen LogP contribution < -0.4 is 0 Å². The average molecular weight is 306 g/mol. The Balaban J connectivity index is 2.14. The molecule has 2 aromatic rings. The fraction of sp³-hybridized carbons (Fsp3) is 0. The topological polar surface area (TPSA) is 74.6 Å². The summed E-state index contributed by atoms with van der Waals surface area (Å²) in [5.41, 5.74) is 0. The largest absolute Gasteiger partial charge is 0.504 e. The predicted octanol–water partition coefficient (Wildman–Crippen LogP) is 3.76. The van der Waals surface area contributed by atoms with Crippen LogP contribution in [0.5, 0.6) is 0 Å². The standard InChI is InChI=1S/C14H10O4S2/c15-9(7-11(17)13-3-1-5-19-13)10(16)8-12(18)14-4-2-6-20-14/h1-8,15-16H. The van der Waals surface area contributed by atoms with Gasteiger partial charge in [-0.2, -0.15) is 0 Å². The van der Waals surface area contributed by atoms with Crippen LogP contribution in [0.1, 0.15) is 19.3 Å². The molecule has 2 aromatic heterocycles. The van der Waals surface area contributed by atoms with Gasteiger partial charge < -0.3 is 10.2 Å². The molecule has 0 aromatic carbocycles. The van der Waals surface area contributed by atoms with Crippen LogP contribution in [0.3, 0.4) is 0 Å². The van der Waals surface area contributed by atoms with Gasteiger partial charge in [0, 0.05) is 12.2 Å². The van der Waals surface area contributed by atoms with Gasteiger partial charge in [-0.3, -0.25) is 9.59 Å². The Morgan fingerprint density at radius 3 is 1.55 bits per heavy atom. The number of aliphatic hydroxyl groups excluding tert-OH is 2. The molecule has 0 aliphatic heterocycles. The minimum Gasteiger partial charge on any atom is -0.504 e. The monoisotopic (exact) mass is 306 g/mol. The maximum absolute atomic E-state index is 11.7. The first-order chi connectivity index (χ1) is 9.58. The minimum atomic E-state index is -0.631. The van der Waals surface area contributed by atoms with Crippen molar-refractivity contribution in [1.29, 1.82) is 0 Å². The van der Waals surface area contributed by atoms with Crippen LogP contribution in [-0.4, -0.2) is 21.8 Å². The molecule has 0 atom stereocenters. The van der Waals surface area contributed by atoms with Crippen molar-refractivity contribution in [2.24, 2.45) is 0 Å². The zero-order valence-corrected chi connectivity index (χ0v) is 11.8. The zero-order valence-electron chi connectivity index (χ0n) is 10.1. The molecule has 0 fully saturated rings. The van der Waals surface area contributed by atoms with E-state index in [0.717, 1.165) is 12.2 Å². The van der Waals surface area contributed by atoms with Crippen molar-refractivity contribution in [2.45, 2.75) is 0 Å². The van der Waals surface area contributed by atoms with Gasteiger partial charge in [-0.05, 0) is 22.9 Å². The van der Waals surface area contributed by atoms with Crippen LogP contribution in [0.15, 0.2) is 58.7 Å². The van der Waals surface area contributed by atoms with Gasteiger partial charge in [-0.25, -0.2) is 0 Å². The van der Waals surface area contributed by atoms with Crippen LogP contribution in [-0.2, 0) is 0 Å². The summed E-state index contributed by atoms with van der Waals surface area (Å²) in [5, 5.41) is 22.7. The second kappa shape index (κ2) is 6.31. The Morgan fingerprint density at radius 2 is 1.25 bits per heavy atom.